The molecule has 0 saturated heterocycles. The number of hydrogen-bond donors (Lipinski definition) is 1. The normalized spacial score (nSPS) is 10.7. The zero-order valence-electron chi connectivity index (χ0n) is 9.66. The first-order valence-corrected chi connectivity index (χ1v) is 5.43. The summed E-state index contributed by atoms with van der Waals surface area (Å²) in [5.74, 6) is 1.54. The highest BCUT2D eigenvalue weighted by Crippen LogP contribution is 2.27. The molecule has 0 aliphatic heterocycles. The topological polar surface area (TPSA) is 52.0 Å². The van der Waals surface area contributed by atoms with Crippen molar-refractivity contribution < 1.29 is 4.42 Å². The highest BCUT2D eigenvalue weighted by atomic mass is 16.4. The molecule has 3 heteroatoms. The largest absolute Gasteiger partial charge is 0.441 e. The number of hydrogen-bond acceptors (Lipinski definition) is 3. The Hall–Kier alpha value is -1.61. The summed E-state index contributed by atoms with van der Waals surface area (Å²) in [4.78, 5) is 4.22. The second kappa shape index (κ2) is 4.49. The van der Waals surface area contributed by atoms with Crippen molar-refractivity contribution in [2.45, 2.75) is 20.3 Å². The maximum Gasteiger partial charge on any atom is 0.196 e. The number of benzene rings is 1. The molecule has 0 spiro atoms. The number of nitrogens with two attached hydrogens (primary N) is 1. The minimum Gasteiger partial charge on any atom is -0.441 e. The Labute approximate surface area is 95.3 Å². The number of aryl methyl sites for hydroxylation is 2. The minimum absolute atomic E-state index is 0.562. The number of aromatic nitrogens is 1. The molecule has 1 heterocycles. The second-order valence-electron chi connectivity index (χ2n) is 3.92. The van der Waals surface area contributed by atoms with E-state index in [1.807, 2.05) is 6.07 Å². The summed E-state index contributed by atoms with van der Waals surface area (Å²) >= 11 is 0. The Morgan fingerprint density at radius 3 is 2.56 bits per heavy atom. The van der Waals surface area contributed by atoms with Gasteiger partial charge in [0.15, 0.2) is 11.7 Å². The summed E-state index contributed by atoms with van der Waals surface area (Å²) < 4.78 is 5.68. The maximum absolute atomic E-state index is 5.68. The van der Waals surface area contributed by atoms with Crippen LogP contribution in [-0.2, 0) is 6.42 Å². The van der Waals surface area contributed by atoms with Crippen LogP contribution < -0.4 is 5.73 Å². The van der Waals surface area contributed by atoms with Crippen LogP contribution in [0.3, 0.4) is 0 Å². The second-order valence-corrected chi connectivity index (χ2v) is 3.92. The van der Waals surface area contributed by atoms with Gasteiger partial charge in [-0.25, -0.2) is 4.98 Å². The SMILES string of the molecule is Cc1cccc(C)c1-c1cnc(CCN)o1. The van der Waals surface area contributed by atoms with E-state index in [0.29, 0.717) is 18.9 Å². The minimum atomic E-state index is 0.562. The lowest BCUT2D eigenvalue weighted by Gasteiger charge is -2.05. The van der Waals surface area contributed by atoms with Crippen LogP contribution in [0.2, 0.25) is 0 Å². The van der Waals surface area contributed by atoms with E-state index in [2.05, 4.69) is 31.0 Å². The van der Waals surface area contributed by atoms with Gasteiger partial charge in [0.25, 0.3) is 0 Å². The Morgan fingerprint density at radius 2 is 1.94 bits per heavy atom. The zero-order valence-corrected chi connectivity index (χ0v) is 9.66. The van der Waals surface area contributed by atoms with Crippen molar-refractivity contribution in [1.29, 1.82) is 0 Å². The number of rotatable bonds is 3. The molecule has 3 nitrogen and oxygen atoms in total. The van der Waals surface area contributed by atoms with E-state index < -0.39 is 0 Å². The molecule has 0 aliphatic carbocycles. The van der Waals surface area contributed by atoms with Gasteiger partial charge in [0, 0.05) is 18.5 Å². The lowest BCUT2D eigenvalue weighted by Crippen LogP contribution is -2.02. The fourth-order valence-corrected chi connectivity index (χ4v) is 1.87. The summed E-state index contributed by atoms with van der Waals surface area (Å²) in [5, 5.41) is 0. The van der Waals surface area contributed by atoms with Gasteiger partial charge in [-0.05, 0) is 25.0 Å². The average molecular weight is 216 g/mol. The molecule has 84 valence electrons. The zero-order chi connectivity index (χ0) is 11.5. The molecule has 0 amide bonds. The molecule has 0 unspecified atom stereocenters. The fourth-order valence-electron chi connectivity index (χ4n) is 1.87. The van der Waals surface area contributed by atoms with Crippen LogP contribution in [0.25, 0.3) is 11.3 Å². The van der Waals surface area contributed by atoms with Crippen LogP contribution in [-0.4, -0.2) is 11.5 Å². The third-order valence-electron chi connectivity index (χ3n) is 2.64. The predicted molar refractivity (Wildman–Crippen MR) is 64.2 cm³/mol. The fraction of sp³-hybridized carbons (Fsp3) is 0.308. The molecular formula is C13H16N2O. The summed E-state index contributed by atoms with van der Waals surface area (Å²) in [7, 11) is 0. The maximum atomic E-state index is 5.68. The van der Waals surface area contributed by atoms with Crippen LogP contribution in [0.5, 0.6) is 0 Å². The molecule has 1 aromatic heterocycles. The van der Waals surface area contributed by atoms with Crippen LogP contribution >= 0.6 is 0 Å². The highest BCUT2D eigenvalue weighted by molar-refractivity contribution is 5.65. The van der Waals surface area contributed by atoms with Gasteiger partial charge in [-0.1, -0.05) is 18.2 Å². The first kappa shape index (κ1) is 10.9. The first-order chi connectivity index (χ1) is 7.72. The molecule has 0 atom stereocenters. The Balaban J connectivity index is 2.42. The molecule has 2 rings (SSSR count). The van der Waals surface area contributed by atoms with E-state index in [4.69, 9.17) is 10.2 Å². The Morgan fingerprint density at radius 1 is 1.25 bits per heavy atom. The quantitative estimate of drug-likeness (QED) is 0.857. The molecule has 0 radical (unpaired) electrons. The van der Waals surface area contributed by atoms with Gasteiger partial charge in [0.1, 0.15) is 0 Å². The van der Waals surface area contributed by atoms with Crippen LogP contribution in [0, 0.1) is 13.8 Å². The van der Waals surface area contributed by atoms with Gasteiger partial charge >= 0.3 is 0 Å². The number of oxazole rings is 1. The van der Waals surface area contributed by atoms with E-state index >= 15 is 0 Å². The van der Waals surface area contributed by atoms with Gasteiger partial charge < -0.3 is 10.2 Å². The molecular weight excluding hydrogens is 200 g/mol. The third-order valence-corrected chi connectivity index (χ3v) is 2.64. The predicted octanol–water partition coefficient (Wildman–Crippen LogP) is 2.46. The van der Waals surface area contributed by atoms with Crippen molar-refractivity contribution >= 4 is 0 Å². The summed E-state index contributed by atoms with van der Waals surface area (Å²) in [6.07, 6.45) is 2.46. The van der Waals surface area contributed by atoms with E-state index in [1.165, 1.54) is 11.1 Å². The smallest absolute Gasteiger partial charge is 0.196 e. The summed E-state index contributed by atoms with van der Waals surface area (Å²) in [6, 6.07) is 6.20. The van der Waals surface area contributed by atoms with Crippen molar-refractivity contribution in [1.82, 2.24) is 4.98 Å². The molecule has 2 N–H and O–H groups in total. The van der Waals surface area contributed by atoms with Crippen molar-refractivity contribution in [3.05, 3.63) is 41.4 Å². The lowest BCUT2D eigenvalue weighted by atomic mass is 10.0. The average Bonchev–Trinajstić information content (AvgIpc) is 2.67. The van der Waals surface area contributed by atoms with E-state index in [0.717, 1.165) is 11.3 Å². The standard InChI is InChI=1S/C13H16N2O/c1-9-4-3-5-10(2)13(9)11-8-15-12(16-11)6-7-14/h3-5,8H,6-7,14H2,1-2H3. The molecule has 1 aromatic carbocycles. The monoisotopic (exact) mass is 216 g/mol. The molecule has 0 aliphatic rings. The van der Waals surface area contributed by atoms with Gasteiger partial charge in [0.2, 0.25) is 0 Å². The summed E-state index contributed by atoms with van der Waals surface area (Å²) in [5.41, 5.74) is 9.01. The van der Waals surface area contributed by atoms with Gasteiger partial charge in [-0.2, -0.15) is 0 Å². The van der Waals surface area contributed by atoms with Crippen molar-refractivity contribution in [3.8, 4) is 11.3 Å². The molecule has 2 aromatic rings. The van der Waals surface area contributed by atoms with Crippen molar-refractivity contribution in [2.24, 2.45) is 5.73 Å². The third kappa shape index (κ3) is 1.99. The highest BCUT2D eigenvalue weighted by Gasteiger charge is 2.10. The molecule has 0 fully saturated rings. The van der Waals surface area contributed by atoms with Crippen LogP contribution in [0.15, 0.2) is 28.8 Å². The Bertz CT molecular complexity index is 468. The first-order valence-electron chi connectivity index (χ1n) is 5.43. The van der Waals surface area contributed by atoms with E-state index in [-0.39, 0.29) is 0 Å². The molecule has 0 saturated carbocycles. The van der Waals surface area contributed by atoms with Crippen molar-refractivity contribution in [2.75, 3.05) is 6.54 Å². The number of nitrogens with zero attached hydrogens (tertiary/aromatic N) is 1. The molecule has 0 bridgehead atoms. The van der Waals surface area contributed by atoms with Crippen LogP contribution in [0.4, 0.5) is 0 Å². The van der Waals surface area contributed by atoms with Gasteiger partial charge in [-0.15, -0.1) is 0 Å². The van der Waals surface area contributed by atoms with E-state index in [1.54, 1.807) is 6.20 Å². The van der Waals surface area contributed by atoms with Crippen LogP contribution in [0.1, 0.15) is 17.0 Å². The lowest BCUT2D eigenvalue weighted by molar-refractivity contribution is 0.507. The van der Waals surface area contributed by atoms with E-state index in [9.17, 15) is 0 Å². The summed E-state index contributed by atoms with van der Waals surface area (Å²) in [6.45, 7) is 4.72. The Kier molecular flexibility index (Phi) is 3.06. The van der Waals surface area contributed by atoms with Gasteiger partial charge in [-0.3, -0.25) is 0 Å². The van der Waals surface area contributed by atoms with Crippen molar-refractivity contribution in [3.63, 3.8) is 0 Å². The molecule has 16 heavy (non-hydrogen) atoms. The van der Waals surface area contributed by atoms with Gasteiger partial charge in [0.05, 0.1) is 6.20 Å².